The second kappa shape index (κ2) is 4.13. The van der Waals surface area contributed by atoms with Crippen molar-refractivity contribution in [1.29, 1.82) is 0 Å². The highest BCUT2D eigenvalue weighted by Crippen LogP contribution is 2.31. The van der Waals surface area contributed by atoms with Crippen LogP contribution in [-0.2, 0) is 6.42 Å². The summed E-state index contributed by atoms with van der Waals surface area (Å²) in [6.07, 6.45) is 3.51. The van der Waals surface area contributed by atoms with Crippen LogP contribution in [0.1, 0.15) is 50.7 Å². The van der Waals surface area contributed by atoms with Crippen LogP contribution in [0.2, 0.25) is 0 Å². The summed E-state index contributed by atoms with van der Waals surface area (Å²) in [6, 6.07) is 4.17. The molecule has 0 saturated heterocycles. The van der Waals surface area contributed by atoms with Crippen molar-refractivity contribution >= 4 is 11.2 Å². The van der Waals surface area contributed by atoms with E-state index in [-0.39, 0.29) is 0 Å². The van der Waals surface area contributed by atoms with E-state index in [1.165, 1.54) is 24.0 Å². The summed E-state index contributed by atoms with van der Waals surface area (Å²) >= 11 is 0. The minimum atomic E-state index is 0.548. The summed E-state index contributed by atoms with van der Waals surface area (Å²) in [5.74, 6) is 0.548. The molecule has 0 radical (unpaired) electrons. The van der Waals surface area contributed by atoms with Crippen molar-refractivity contribution in [2.24, 2.45) is 0 Å². The van der Waals surface area contributed by atoms with Gasteiger partial charge in [-0.15, -0.1) is 0 Å². The summed E-state index contributed by atoms with van der Waals surface area (Å²) in [5.41, 5.74) is 4.60. The molecule has 0 bridgehead atoms. The number of rotatable bonds is 4. The number of hydrogen-bond acceptors (Lipinski definition) is 2. The maximum absolute atomic E-state index is 5.10. The first-order valence-electron chi connectivity index (χ1n) is 5.74. The number of hydrogen-bond donors (Lipinski definition) is 0. The summed E-state index contributed by atoms with van der Waals surface area (Å²) in [7, 11) is 0. The molecule has 82 valence electrons. The van der Waals surface area contributed by atoms with Gasteiger partial charge >= 0.3 is 0 Å². The maximum atomic E-state index is 5.10. The summed E-state index contributed by atoms with van der Waals surface area (Å²) in [5, 5.41) is 0. The fraction of sp³-hybridized carbons (Fsp3) is 0.538. The number of fused-ring (bicyclic) bond motifs is 1. The van der Waals surface area contributed by atoms with Crippen LogP contribution in [0.5, 0.6) is 0 Å². The van der Waals surface area contributed by atoms with Gasteiger partial charge in [0.15, 0.2) is 0 Å². The first-order valence-corrected chi connectivity index (χ1v) is 5.74. The second-order valence-electron chi connectivity index (χ2n) is 4.39. The van der Waals surface area contributed by atoms with Gasteiger partial charge in [-0.1, -0.05) is 33.3 Å². The molecule has 2 aromatic rings. The molecule has 0 aliphatic carbocycles. The molecule has 0 aliphatic rings. The smallest absolute Gasteiger partial charge is 0.229 e. The molecule has 2 heteroatoms. The Balaban J connectivity index is 2.40. The van der Waals surface area contributed by atoms with Crippen LogP contribution in [0.4, 0.5) is 0 Å². The van der Waals surface area contributed by atoms with Crippen LogP contribution >= 0.6 is 0 Å². The van der Waals surface area contributed by atoms with E-state index in [0.717, 1.165) is 17.6 Å². The lowest BCUT2D eigenvalue weighted by Gasteiger charge is -2.14. The predicted molar refractivity (Wildman–Crippen MR) is 61.2 cm³/mol. The molecule has 0 atom stereocenters. The zero-order chi connectivity index (χ0) is 10.8. The lowest BCUT2D eigenvalue weighted by atomic mass is 9.93. The molecule has 0 N–H and O–H groups in total. The fourth-order valence-electron chi connectivity index (χ4n) is 1.98. The first kappa shape index (κ1) is 10.3. The van der Waals surface area contributed by atoms with E-state index < -0.39 is 0 Å². The molecule has 0 spiro atoms. The van der Waals surface area contributed by atoms with Gasteiger partial charge in [0.2, 0.25) is 11.2 Å². The van der Waals surface area contributed by atoms with Crippen LogP contribution in [0.25, 0.3) is 11.2 Å². The van der Waals surface area contributed by atoms with Crippen molar-refractivity contribution in [3.63, 3.8) is 0 Å². The van der Waals surface area contributed by atoms with Gasteiger partial charge in [-0.05, 0) is 30.4 Å². The lowest BCUT2D eigenvalue weighted by molar-refractivity contribution is 0.0579. The van der Waals surface area contributed by atoms with Crippen molar-refractivity contribution in [1.82, 2.24) is 0 Å². The molecule has 1 aromatic carbocycles. The highest BCUT2D eigenvalue weighted by molar-refractivity contribution is 5.76. The van der Waals surface area contributed by atoms with Gasteiger partial charge < -0.3 is 0 Å². The number of unbranched alkanes of at least 4 members (excludes halogenated alkanes) is 1. The van der Waals surface area contributed by atoms with Crippen molar-refractivity contribution < 1.29 is 9.15 Å². The van der Waals surface area contributed by atoms with Gasteiger partial charge in [-0.2, -0.15) is 0 Å². The van der Waals surface area contributed by atoms with Gasteiger partial charge in [0.1, 0.15) is 0 Å². The third-order valence-electron chi connectivity index (χ3n) is 2.88. The van der Waals surface area contributed by atoms with Gasteiger partial charge in [0.05, 0.1) is 0 Å². The van der Waals surface area contributed by atoms with E-state index in [9.17, 15) is 0 Å². The molecule has 1 aromatic heterocycles. The third kappa shape index (κ3) is 1.81. The zero-order valence-electron chi connectivity index (χ0n) is 9.67. The lowest BCUT2D eigenvalue weighted by Crippen LogP contribution is -1.99. The van der Waals surface area contributed by atoms with Crippen LogP contribution in [-0.4, -0.2) is 0 Å². The van der Waals surface area contributed by atoms with Crippen LogP contribution in [0.3, 0.4) is 0 Å². The molecule has 0 saturated carbocycles. The Labute approximate surface area is 90.2 Å². The molecule has 0 fully saturated rings. The van der Waals surface area contributed by atoms with Crippen LogP contribution in [0, 0.1) is 0 Å². The van der Waals surface area contributed by atoms with E-state index in [4.69, 9.17) is 9.15 Å². The van der Waals surface area contributed by atoms with Gasteiger partial charge in [0.25, 0.3) is 0 Å². The third-order valence-corrected chi connectivity index (χ3v) is 2.88. The highest BCUT2D eigenvalue weighted by atomic mass is 17.0. The van der Waals surface area contributed by atoms with E-state index in [0.29, 0.717) is 5.92 Å². The Bertz CT molecular complexity index is 434. The molecule has 2 nitrogen and oxygen atoms in total. The molecular weight excluding hydrogens is 188 g/mol. The Morgan fingerprint density at radius 1 is 1.20 bits per heavy atom. The van der Waals surface area contributed by atoms with Crippen molar-refractivity contribution in [3.8, 4) is 0 Å². The van der Waals surface area contributed by atoms with Gasteiger partial charge in [0, 0.05) is 5.56 Å². The van der Waals surface area contributed by atoms with E-state index in [1.54, 1.807) is 0 Å². The summed E-state index contributed by atoms with van der Waals surface area (Å²) in [4.78, 5) is 0. The summed E-state index contributed by atoms with van der Waals surface area (Å²) < 4.78 is 10.0. The van der Waals surface area contributed by atoms with Crippen molar-refractivity contribution in [2.45, 2.75) is 46.0 Å². The Morgan fingerprint density at radius 3 is 2.53 bits per heavy atom. The Hall–Kier alpha value is -1.18. The SMILES string of the molecule is CCCCc1c(C(C)C)ccc2ooc12. The standard InChI is InChI=1S/C13H18O2/c1-4-5-6-11-10(9(2)3)7-8-12-13(11)15-14-12/h7-9H,4-6H2,1-3H3. The van der Waals surface area contributed by atoms with Crippen molar-refractivity contribution in [3.05, 3.63) is 23.3 Å². The molecule has 0 amide bonds. The van der Waals surface area contributed by atoms with E-state index in [2.05, 4.69) is 26.8 Å². The average molecular weight is 206 g/mol. The molecule has 0 aliphatic heterocycles. The quantitative estimate of drug-likeness (QED) is 0.689. The topological polar surface area (TPSA) is 26.3 Å². The molecule has 2 rings (SSSR count). The Morgan fingerprint density at radius 2 is 2.00 bits per heavy atom. The Kier molecular flexibility index (Phi) is 2.85. The minimum Gasteiger partial charge on any atom is -0.286 e. The predicted octanol–water partition coefficient (Wildman–Crippen LogP) is 4.49. The first-order chi connectivity index (χ1) is 7.24. The van der Waals surface area contributed by atoms with Crippen LogP contribution < -0.4 is 0 Å². The maximum Gasteiger partial charge on any atom is 0.229 e. The van der Waals surface area contributed by atoms with Crippen LogP contribution in [0.15, 0.2) is 21.3 Å². The highest BCUT2D eigenvalue weighted by Gasteiger charge is 2.16. The largest absolute Gasteiger partial charge is 0.286 e. The average Bonchev–Trinajstić information content (AvgIpc) is 2.16. The van der Waals surface area contributed by atoms with Gasteiger partial charge in [-0.25, -0.2) is 0 Å². The normalized spacial score (nSPS) is 11.7. The number of aryl methyl sites for hydroxylation is 1. The zero-order valence-corrected chi connectivity index (χ0v) is 9.67. The number of benzene rings is 1. The second-order valence-corrected chi connectivity index (χ2v) is 4.39. The minimum absolute atomic E-state index is 0.548. The van der Waals surface area contributed by atoms with E-state index in [1.807, 2.05) is 6.07 Å². The summed E-state index contributed by atoms with van der Waals surface area (Å²) in [6.45, 7) is 6.65. The van der Waals surface area contributed by atoms with Gasteiger partial charge in [-0.3, -0.25) is 9.15 Å². The van der Waals surface area contributed by atoms with Crippen molar-refractivity contribution in [2.75, 3.05) is 0 Å². The molecule has 15 heavy (non-hydrogen) atoms. The molecule has 1 heterocycles. The monoisotopic (exact) mass is 206 g/mol. The molecule has 0 unspecified atom stereocenters. The molecular formula is C13H18O2. The fourth-order valence-corrected chi connectivity index (χ4v) is 1.98. The van der Waals surface area contributed by atoms with E-state index >= 15 is 0 Å².